The van der Waals surface area contributed by atoms with E-state index in [2.05, 4.69) is 37.1 Å². The van der Waals surface area contributed by atoms with Gasteiger partial charge >= 0.3 is 6.61 Å². The molecule has 0 amide bonds. The number of pyridine rings is 1. The van der Waals surface area contributed by atoms with Gasteiger partial charge in [0.25, 0.3) is 0 Å². The van der Waals surface area contributed by atoms with Crippen molar-refractivity contribution in [2.75, 3.05) is 25.1 Å². The Balaban J connectivity index is 1.40. The number of alkyl halides is 2. The zero-order valence-corrected chi connectivity index (χ0v) is 17.4. The average molecular weight is 445 g/mol. The molecule has 4 rings (SSSR count). The maximum absolute atomic E-state index is 12.6. The summed E-state index contributed by atoms with van der Waals surface area (Å²) < 4.78 is 41.0. The summed E-state index contributed by atoms with van der Waals surface area (Å²) in [4.78, 5) is 4.40. The second kappa shape index (κ2) is 10.4. The maximum Gasteiger partial charge on any atom is 0.345 e. The molecule has 3 aromatic rings. The highest BCUT2D eigenvalue weighted by molar-refractivity contribution is 5.85. The fraction of sp³-hybridized carbons (Fsp3) is 0.364. The number of anilines is 1. The van der Waals surface area contributed by atoms with E-state index in [-0.39, 0.29) is 12.7 Å². The van der Waals surface area contributed by atoms with Crippen LogP contribution in [0.3, 0.4) is 0 Å². The van der Waals surface area contributed by atoms with Gasteiger partial charge in [-0.15, -0.1) is 5.10 Å². The Labute approximate surface area is 184 Å². The Hall–Kier alpha value is -3.24. The van der Waals surface area contributed by atoms with E-state index in [0.717, 1.165) is 29.3 Å². The first-order valence-electron chi connectivity index (χ1n) is 10.3. The van der Waals surface area contributed by atoms with Crippen molar-refractivity contribution in [3.8, 4) is 5.88 Å². The van der Waals surface area contributed by atoms with E-state index in [1.54, 1.807) is 12.3 Å². The highest BCUT2D eigenvalue weighted by Crippen LogP contribution is 2.26. The average Bonchev–Trinajstić information content (AvgIpc) is 3.19. The van der Waals surface area contributed by atoms with Crippen molar-refractivity contribution in [1.82, 2.24) is 20.5 Å². The molecule has 1 aromatic carbocycles. The molecule has 0 bridgehead atoms. The molecule has 0 unspecified atom stereocenters. The molecule has 10 heteroatoms. The van der Waals surface area contributed by atoms with E-state index in [4.69, 9.17) is 9.47 Å². The maximum atomic E-state index is 12.6. The third-order valence-corrected chi connectivity index (χ3v) is 5.08. The first kappa shape index (κ1) is 22.0. The normalized spacial score (nSPS) is 15.6. The molecule has 32 heavy (non-hydrogen) atoms. The van der Waals surface area contributed by atoms with Crippen LogP contribution in [0.15, 0.2) is 55.0 Å². The van der Waals surface area contributed by atoms with E-state index in [1.165, 1.54) is 0 Å². The molecule has 0 saturated carbocycles. The van der Waals surface area contributed by atoms with Crippen LogP contribution in [0.2, 0.25) is 0 Å². The first-order valence-corrected chi connectivity index (χ1v) is 10.3. The molecule has 0 aliphatic carbocycles. The van der Waals surface area contributed by atoms with Gasteiger partial charge in [0.1, 0.15) is 11.9 Å². The monoisotopic (exact) mass is 445 g/mol. The molecule has 1 aliphatic rings. The van der Waals surface area contributed by atoms with Gasteiger partial charge in [-0.3, -0.25) is 5.10 Å². The Morgan fingerprint density at radius 1 is 1.25 bits per heavy atom. The minimum Gasteiger partial charge on any atom is -0.473 e. The molecule has 3 heterocycles. The van der Waals surface area contributed by atoms with E-state index < -0.39 is 12.7 Å². The third kappa shape index (κ3) is 5.71. The summed E-state index contributed by atoms with van der Waals surface area (Å²) in [7, 11) is 0. The van der Waals surface area contributed by atoms with E-state index >= 15 is 0 Å². The van der Waals surface area contributed by atoms with Crippen LogP contribution in [-0.4, -0.2) is 47.7 Å². The number of fused-ring (bicyclic) bond motifs is 1. The van der Waals surface area contributed by atoms with Gasteiger partial charge < -0.3 is 24.8 Å². The summed E-state index contributed by atoms with van der Waals surface area (Å²) >= 11 is 0. The van der Waals surface area contributed by atoms with Gasteiger partial charge in [0.05, 0.1) is 42.6 Å². The first-order chi connectivity index (χ1) is 15.6. The lowest BCUT2D eigenvalue weighted by molar-refractivity contribution is -0.133. The summed E-state index contributed by atoms with van der Waals surface area (Å²) in [5.74, 6) is 1.41. The number of nitrogens with zero attached hydrogens (tertiary/aromatic N) is 2. The van der Waals surface area contributed by atoms with Gasteiger partial charge in [-0.2, -0.15) is 8.78 Å². The van der Waals surface area contributed by atoms with Crippen molar-refractivity contribution in [2.45, 2.75) is 31.6 Å². The van der Waals surface area contributed by atoms with Crippen LogP contribution in [0.25, 0.3) is 10.9 Å². The minimum absolute atomic E-state index is 0.0717. The van der Waals surface area contributed by atoms with Crippen molar-refractivity contribution >= 4 is 16.7 Å². The predicted molar refractivity (Wildman–Crippen MR) is 115 cm³/mol. The zero-order valence-electron chi connectivity index (χ0n) is 17.4. The number of H-pyrrole nitrogens is 1. The van der Waals surface area contributed by atoms with Crippen LogP contribution < -0.4 is 15.4 Å². The molecule has 8 nitrogen and oxygen atoms in total. The number of benzene rings is 1. The number of rotatable bonds is 10. The molecule has 1 saturated heterocycles. The van der Waals surface area contributed by atoms with Crippen molar-refractivity contribution in [1.29, 1.82) is 0 Å². The predicted octanol–water partition coefficient (Wildman–Crippen LogP) is 3.97. The third-order valence-electron chi connectivity index (χ3n) is 5.08. The smallest absolute Gasteiger partial charge is 0.345 e. The Morgan fingerprint density at radius 2 is 2.03 bits per heavy atom. The summed E-state index contributed by atoms with van der Waals surface area (Å²) in [6.45, 7) is 2.22. The number of aromatic amines is 1. The van der Waals surface area contributed by atoms with Crippen molar-refractivity contribution in [2.24, 2.45) is 0 Å². The van der Waals surface area contributed by atoms with Crippen LogP contribution in [-0.2, 0) is 9.47 Å². The van der Waals surface area contributed by atoms with Crippen LogP contribution in [0.5, 0.6) is 5.88 Å². The number of hydrogen-bond donors (Lipinski definition) is 3. The molecule has 1 fully saturated rings. The van der Waals surface area contributed by atoms with E-state index in [9.17, 15) is 8.78 Å². The van der Waals surface area contributed by atoms with Gasteiger partial charge in [-0.25, -0.2) is 4.98 Å². The van der Waals surface area contributed by atoms with Crippen LogP contribution >= 0.6 is 0 Å². The second-order valence-corrected chi connectivity index (χ2v) is 7.38. The van der Waals surface area contributed by atoms with Gasteiger partial charge in [-0.1, -0.05) is 36.9 Å². The van der Waals surface area contributed by atoms with Crippen LogP contribution in [0.4, 0.5) is 14.6 Å². The number of nitrogens with one attached hydrogen (secondary N) is 3. The Morgan fingerprint density at radius 3 is 2.78 bits per heavy atom. The van der Waals surface area contributed by atoms with Crippen LogP contribution in [0.1, 0.15) is 24.4 Å². The molecule has 0 radical (unpaired) electrons. The van der Waals surface area contributed by atoms with Crippen LogP contribution in [0, 0.1) is 0 Å². The molecular formula is C22H25F2N5O3. The van der Waals surface area contributed by atoms with Gasteiger partial charge in [0.2, 0.25) is 5.88 Å². The lowest BCUT2D eigenvalue weighted by atomic mass is 10.1. The summed E-state index contributed by atoms with van der Waals surface area (Å²) in [6, 6.07) is 10.4. The number of halogens is 2. The quantitative estimate of drug-likeness (QED) is 0.435. The Kier molecular flexibility index (Phi) is 7.13. The molecule has 1 aliphatic heterocycles. The molecule has 170 valence electrons. The SMILES string of the molecule is C=C(Nc1cc2[nH]nc(OC3CCOCC3)c2cn1)N[C@H](COC(F)F)c1ccccc1. The summed E-state index contributed by atoms with van der Waals surface area (Å²) in [6.07, 6.45) is 3.38. The fourth-order valence-electron chi connectivity index (χ4n) is 3.48. The summed E-state index contributed by atoms with van der Waals surface area (Å²) in [5.41, 5.74) is 1.54. The minimum atomic E-state index is -2.86. The van der Waals surface area contributed by atoms with E-state index in [0.29, 0.717) is 30.7 Å². The standard InChI is InChI=1S/C22H25F2N5O3/c1-14(26-19(13-31-22(23)24)15-5-3-2-4-6-15)27-20-11-18-17(12-25-20)21(29-28-18)32-16-7-9-30-10-8-16/h2-6,11-12,16,19,22,26H,1,7-10,13H2,(H,25,27)(H,28,29)/t19-/m1/s1. The highest BCUT2D eigenvalue weighted by Gasteiger charge is 2.19. The zero-order chi connectivity index (χ0) is 22.3. The number of hydrogen-bond acceptors (Lipinski definition) is 7. The Bertz CT molecular complexity index is 1020. The molecule has 2 aromatic heterocycles. The number of ether oxygens (including phenoxy) is 3. The molecule has 1 atom stereocenters. The lowest BCUT2D eigenvalue weighted by Crippen LogP contribution is -2.28. The van der Waals surface area contributed by atoms with Gasteiger partial charge in [0, 0.05) is 25.1 Å². The number of aromatic nitrogens is 3. The van der Waals surface area contributed by atoms with Crippen molar-refractivity contribution < 1.29 is 23.0 Å². The largest absolute Gasteiger partial charge is 0.473 e. The molecule has 3 N–H and O–H groups in total. The second-order valence-electron chi connectivity index (χ2n) is 7.38. The fourth-order valence-corrected chi connectivity index (χ4v) is 3.48. The van der Waals surface area contributed by atoms with Crippen molar-refractivity contribution in [3.05, 3.63) is 60.6 Å². The van der Waals surface area contributed by atoms with Gasteiger partial charge in [0.15, 0.2) is 0 Å². The highest BCUT2D eigenvalue weighted by atomic mass is 19.3. The lowest BCUT2D eigenvalue weighted by Gasteiger charge is -2.22. The molecular weight excluding hydrogens is 420 g/mol. The van der Waals surface area contributed by atoms with Crippen molar-refractivity contribution in [3.63, 3.8) is 0 Å². The van der Waals surface area contributed by atoms with Gasteiger partial charge in [-0.05, 0) is 5.56 Å². The topological polar surface area (TPSA) is 93.3 Å². The van der Waals surface area contributed by atoms with E-state index in [1.807, 2.05) is 30.3 Å². The summed E-state index contributed by atoms with van der Waals surface area (Å²) in [5, 5.41) is 14.1. The molecule has 0 spiro atoms.